The van der Waals surface area contributed by atoms with E-state index in [9.17, 15) is 8.78 Å². The Bertz CT molecular complexity index is 517. The van der Waals surface area contributed by atoms with Gasteiger partial charge >= 0.3 is 0 Å². The second-order valence-electron chi connectivity index (χ2n) is 3.33. The van der Waals surface area contributed by atoms with Gasteiger partial charge in [-0.15, -0.1) is 0 Å². The van der Waals surface area contributed by atoms with Crippen molar-refractivity contribution < 1.29 is 8.78 Å². The molecule has 7 heteroatoms. The highest BCUT2D eigenvalue weighted by Crippen LogP contribution is 2.21. The summed E-state index contributed by atoms with van der Waals surface area (Å²) in [5.41, 5.74) is 2.93. The highest BCUT2D eigenvalue weighted by molar-refractivity contribution is 5.89. The third kappa shape index (κ3) is 2.56. The summed E-state index contributed by atoms with van der Waals surface area (Å²) in [6.07, 6.45) is -2.45. The van der Waals surface area contributed by atoms with E-state index in [-0.39, 0.29) is 5.95 Å². The first-order chi connectivity index (χ1) is 8.20. The molecule has 0 saturated carbocycles. The molecule has 5 nitrogen and oxygen atoms in total. The van der Waals surface area contributed by atoms with Gasteiger partial charge in [-0.25, -0.2) is 19.6 Å². The lowest BCUT2D eigenvalue weighted by Gasteiger charge is -2.09. The second kappa shape index (κ2) is 4.88. The molecule has 2 aromatic rings. The first-order valence-electron chi connectivity index (χ1n) is 4.96. The van der Waals surface area contributed by atoms with E-state index in [0.29, 0.717) is 16.7 Å². The zero-order valence-corrected chi connectivity index (χ0v) is 8.82. The number of hydrazine groups is 1. The molecule has 0 aliphatic rings. The number of nitrogens with one attached hydrogen (secondary N) is 2. The Morgan fingerprint density at radius 3 is 2.71 bits per heavy atom. The fourth-order valence-corrected chi connectivity index (χ4v) is 1.45. The molecule has 0 aliphatic heterocycles. The van der Waals surface area contributed by atoms with Crippen LogP contribution in [0.15, 0.2) is 24.3 Å². The van der Waals surface area contributed by atoms with Crippen LogP contribution < -0.4 is 16.6 Å². The molecule has 0 aliphatic carbocycles. The lowest BCUT2D eigenvalue weighted by atomic mass is 10.2. The van der Waals surface area contributed by atoms with Crippen LogP contribution >= 0.6 is 0 Å². The molecule has 1 heterocycles. The summed E-state index contributed by atoms with van der Waals surface area (Å²) in [5, 5.41) is 3.24. The molecule has 0 fully saturated rings. The summed E-state index contributed by atoms with van der Waals surface area (Å²) in [6.45, 7) is -0.467. The molecule has 0 spiro atoms. The van der Waals surface area contributed by atoms with E-state index >= 15 is 0 Å². The van der Waals surface area contributed by atoms with Gasteiger partial charge in [-0.2, -0.15) is 4.98 Å². The number of alkyl halides is 2. The van der Waals surface area contributed by atoms with Gasteiger partial charge < -0.3 is 5.32 Å². The Morgan fingerprint density at radius 2 is 2.00 bits per heavy atom. The zero-order valence-electron chi connectivity index (χ0n) is 8.82. The third-order valence-corrected chi connectivity index (χ3v) is 2.16. The maximum atomic E-state index is 12.2. The van der Waals surface area contributed by atoms with Crippen molar-refractivity contribution in [2.75, 3.05) is 17.3 Å². The molecule has 0 bridgehead atoms. The summed E-state index contributed by atoms with van der Waals surface area (Å²) in [6, 6.07) is 7.09. The van der Waals surface area contributed by atoms with E-state index in [1.165, 1.54) is 0 Å². The van der Waals surface area contributed by atoms with Crippen LogP contribution in [0.5, 0.6) is 0 Å². The van der Waals surface area contributed by atoms with Crippen LogP contribution in [0.3, 0.4) is 0 Å². The van der Waals surface area contributed by atoms with E-state index < -0.39 is 13.0 Å². The SMILES string of the molecule is NNc1nc(NCC(F)F)c2ccccc2n1. The molecule has 4 N–H and O–H groups in total. The Labute approximate surface area is 96.0 Å². The van der Waals surface area contributed by atoms with Gasteiger partial charge in [-0.05, 0) is 12.1 Å². The van der Waals surface area contributed by atoms with Crippen molar-refractivity contribution in [3.05, 3.63) is 24.3 Å². The summed E-state index contributed by atoms with van der Waals surface area (Å²) in [5.74, 6) is 5.73. The topological polar surface area (TPSA) is 75.9 Å². The van der Waals surface area contributed by atoms with Gasteiger partial charge in [0.1, 0.15) is 5.82 Å². The number of hydrogen-bond donors (Lipinski definition) is 3. The van der Waals surface area contributed by atoms with Gasteiger partial charge in [0.15, 0.2) is 0 Å². The number of hydrogen-bond acceptors (Lipinski definition) is 5. The number of fused-ring (bicyclic) bond motifs is 1. The van der Waals surface area contributed by atoms with Crippen molar-refractivity contribution in [1.82, 2.24) is 9.97 Å². The minimum Gasteiger partial charge on any atom is -0.364 e. The van der Waals surface area contributed by atoms with Gasteiger partial charge in [0.25, 0.3) is 6.43 Å². The van der Waals surface area contributed by atoms with Crippen molar-refractivity contribution >= 4 is 22.7 Å². The molecule has 17 heavy (non-hydrogen) atoms. The summed E-state index contributed by atoms with van der Waals surface area (Å²) in [4.78, 5) is 8.11. The Hall–Kier alpha value is -2.02. The quantitative estimate of drug-likeness (QED) is 0.558. The fraction of sp³-hybridized carbons (Fsp3) is 0.200. The smallest absolute Gasteiger partial charge is 0.255 e. The summed E-state index contributed by atoms with van der Waals surface area (Å²) >= 11 is 0. The molecular formula is C10H11F2N5. The fourth-order valence-electron chi connectivity index (χ4n) is 1.45. The lowest BCUT2D eigenvalue weighted by molar-refractivity contribution is 0.163. The van der Waals surface area contributed by atoms with E-state index in [2.05, 4.69) is 20.7 Å². The molecule has 1 aromatic carbocycles. The van der Waals surface area contributed by atoms with Crippen LogP contribution in [0.25, 0.3) is 10.9 Å². The summed E-state index contributed by atoms with van der Waals surface area (Å²) < 4.78 is 24.3. The Kier molecular flexibility index (Phi) is 3.29. The van der Waals surface area contributed by atoms with Crippen molar-refractivity contribution in [1.29, 1.82) is 0 Å². The predicted molar refractivity (Wildman–Crippen MR) is 61.8 cm³/mol. The standard InChI is InChI=1S/C10H11F2N5/c11-8(12)5-14-9-6-3-1-2-4-7(6)15-10(16-9)17-13/h1-4,8H,5,13H2,(H2,14,15,16,17). The van der Waals surface area contributed by atoms with Gasteiger partial charge in [0.05, 0.1) is 12.1 Å². The average Bonchev–Trinajstić information content (AvgIpc) is 2.35. The minimum absolute atomic E-state index is 0.181. The van der Waals surface area contributed by atoms with Crippen LogP contribution in [0, 0.1) is 0 Å². The number of anilines is 2. The number of para-hydroxylation sites is 1. The van der Waals surface area contributed by atoms with Crippen LogP contribution in [0.1, 0.15) is 0 Å². The highest BCUT2D eigenvalue weighted by Gasteiger charge is 2.08. The maximum absolute atomic E-state index is 12.2. The van der Waals surface area contributed by atoms with Crippen molar-refractivity contribution in [2.45, 2.75) is 6.43 Å². The predicted octanol–water partition coefficient (Wildman–Crippen LogP) is 1.59. The van der Waals surface area contributed by atoms with Crippen molar-refractivity contribution in [3.8, 4) is 0 Å². The highest BCUT2D eigenvalue weighted by atomic mass is 19.3. The largest absolute Gasteiger partial charge is 0.364 e. The number of nitrogens with two attached hydrogens (primary N) is 1. The molecule has 0 amide bonds. The maximum Gasteiger partial charge on any atom is 0.255 e. The molecule has 0 saturated heterocycles. The van der Waals surface area contributed by atoms with E-state index in [1.54, 1.807) is 24.3 Å². The third-order valence-electron chi connectivity index (χ3n) is 2.16. The summed E-state index contributed by atoms with van der Waals surface area (Å²) in [7, 11) is 0. The second-order valence-corrected chi connectivity index (χ2v) is 3.33. The minimum atomic E-state index is -2.45. The van der Waals surface area contributed by atoms with Gasteiger partial charge in [-0.1, -0.05) is 12.1 Å². The van der Waals surface area contributed by atoms with Crippen LogP contribution in [-0.2, 0) is 0 Å². The van der Waals surface area contributed by atoms with E-state index in [4.69, 9.17) is 5.84 Å². The lowest BCUT2D eigenvalue weighted by Crippen LogP contribution is -2.15. The van der Waals surface area contributed by atoms with E-state index in [0.717, 1.165) is 0 Å². The van der Waals surface area contributed by atoms with Gasteiger partial charge in [0, 0.05) is 5.39 Å². The first-order valence-corrected chi connectivity index (χ1v) is 4.96. The number of benzene rings is 1. The van der Waals surface area contributed by atoms with Crippen LogP contribution in [0.4, 0.5) is 20.5 Å². The molecular weight excluding hydrogens is 228 g/mol. The molecule has 0 radical (unpaired) electrons. The molecule has 90 valence electrons. The number of nitrogen functional groups attached to an aromatic ring is 1. The van der Waals surface area contributed by atoms with Gasteiger partial charge in [-0.3, -0.25) is 5.43 Å². The zero-order chi connectivity index (χ0) is 12.3. The van der Waals surface area contributed by atoms with E-state index in [1.807, 2.05) is 0 Å². The molecule has 2 rings (SSSR count). The van der Waals surface area contributed by atoms with Gasteiger partial charge in [0.2, 0.25) is 5.95 Å². The van der Waals surface area contributed by atoms with Crippen LogP contribution in [0.2, 0.25) is 0 Å². The molecule has 0 atom stereocenters. The van der Waals surface area contributed by atoms with Crippen LogP contribution in [-0.4, -0.2) is 22.9 Å². The normalized spacial score (nSPS) is 10.8. The number of rotatable bonds is 4. The average molecular weight is 239 g/mol. The van der Waals surface area contributed by atoms with Crippen molar-refractivity contribution in [2.24, 2.45) is 5.84 Å². The first kappa shape index (κ1) is 11.5. The number of nitrogens with zero attached hydrogens (tertiary/aromatic N) is 2. The molecule has 0 unspecified atom stereocenters. The Morgan fingerprint density at radius 1 is 1.24 bits per heavy atom. The monoisotopic (exact) mass is 239 g/mol. The Balaban J connectivity index is 2.43. The number of halogens is 2. The van der Waals surface area contributed by atoms with Crippen molar-refractivity contribution in [3.63, 3.8) is 0 Å². The molecule has 1 aromatic heterocycles. The number of aromatic nitrogens is 2.